The van der Waals surface area contributed by atoms with E-state index in [9.17, 15) is 4.79 Å². The van der Waals surface area contributed by atoms with Gasteiger partial charge in [0, 0.05) is 19.3 Å². The number of carboxylic acids is 1. The molecule has 0 atom stereocenters. The van der Waals surface area contributed by atoms with Crippen LogP contribution in [0.3, 0.4) is 0 Å². The molecule has 0 radical (unpaired) electrons. The molecule has 0 heterocycles. The van der Waals surface area contributed by atoms with Gasteiger partial charge in [0.1, 0.15) is 0 Å². The molecule has 5 heteroatoms. The first-order valence-corrected chi connectivity index (χ1v) is 4.85. The molecular weight excluding hydrogens is 176 g/mol. The van der Waals surface area contributed by atoms with E-state index in [4.69, 9.17) is 14.0 Å². The summed E-state index contributed by atoms with van der Waals surface area (Å²) in [6.07, 6.45) is 0.833. The van der Waals surface area contributed by atoms with Crippen LogP contribution in [0.5, 0.6) is 0 Å². The molecule has 0 aliphatic heterocycles. The number of carbonyl (C=O) groups is 1. The second-order valence-corrected chi connectivity index (χ2v) is 2.70. The number of hydrogen-bond acceptors (Lipinski definition) is 3. The molecular formula is C7H16O4Si. The van der Waals surface area contributed by atoms with Gasteiger partial charge >= 0.3 is 16.0 Å². The summed E-state index contributed by atoms with van der Waals surface area (Å²) in [6.45, 7) is 8.51. The van der Waals surface area contributed by atoms with E-state index in [2.05, 4.69) is 6.58 Å². The molecule has 0 bridgehead atoms. The van der Waals surface area contributed by atoms with Gasteiger partial charge in [0.15, 0.2) is 0 Å². The van der Waals surface area contributed by atoms with Crippen LogP contribution in [0.25, 0.3) is 0 Å². The molecule has 0 aliphatic rings. The van der Waals surface area contributed by atoms with E-state index < -0.39 is 16.0 Å². The van der Waals surface area contributed by atoms with Crippen LogP contribution in [-0.4, -0.2) is 34.3 Å². The zero-order valence-corrected chi connectivity index (χ0v) is 8.99. The van der Waals surface area contributed by atoms with Gasteiger partial charge in [0.05, 0.1) is 0 Å². The number of hydrogen-bond donors (Lipinski definition) is 1. The molecule has 0 aromatic carbocycles. The van der Waals surface area contributed by atoms with Crippen molar-refractivity contribution in [2.24, 2.45) is 0 Å². The smallest absolute Gasteiger partial charge is 0.327 e. The minimum atomic E-state index is -0.981. The molecule has 0 spiro atoms. The first-order chi connectivity index (χ1) is 5.68. The molecule has 0 unspecified atom stereocenters. The van der Waals surface area contributed by atoms with E-state index in [1.807, 2.05) is 13.8 Å². The van der Waals surface area contributed by atoms with E-state index in [1.54, 1.807) is 0 Å². The fourth-order valence-corrected chi connectivity index (χ4v) is 0.677. The maximum atomic E-state index is 9.25. The van der Waals surface area contributed by atoms with Gasteiger partial charge in [0.2, 0.25) is 0 Å². The molecule has 4 nitrogen and oxygen atoms in total. The van der Waals surface area contributed by atoms with Crippen LogP contribution >= 0.6 is 0 Å². The quantitative estimate of drug-likeness (QED) is 0.387. The summed E-state index contributed by atoms with van der Waals surface area (Å²) in [6, 6.07) is 0. The average molecular weight is 192 g/mol. The molecule has 0 rings (SSSR count). The van der Waals surface area contributed by atoms with Crippen LogP contribution in [0.1, 0.15) is 13.8 Å². The lowest BCUT2D eigenvalue weighted by atomic mass is 10.7. The van der Waals surface area contributed by atoms with Crippen LogP contribution in [0.15, 0.2) is 12.7 Å². The second-order valence-electron chi connectivity index (χ2n) is 1.65. The largest absolute Gasteiger partial charge is 0.478 e. The molecule has 0 aromatic heterocycles. The van der Waals surface area contributed by atoms with Crippen molar-refractivity contribution in [3.63, 3.8) is 0 Å². The Labute approximate surface area is 75.2 Å². The summed E-state index contributed by atoms with van der Waals surface area (Å²) in [4.78, 5) is 9.25. The van der Waals surface area contributed by atoms with Crippen molar-refractivity contribution < 1.29 is 18.8 Å². The summed E-state index contributed by atoms with van der Waals surface area (Å²) in [7, 11) is -0.589. The van der Waals surface area contributed by atoms with Gasteiger partial charge in [-0.05, 0) is 13.8 Å². The standard InChI is InChI=1S/C4H12O2Si.C3H4O2/c1-3-5-7-6-4-2;1-2-3(4)5/h3-4,7H2,1-2H3;2H,1H2,(H,4,5). The lowest BCUT2D eigenvalue weighted by Gasteiger charge is -1.96. The van der Waals surface area contributed by atoms with E-state index in [0.717, 1.165) is 19.3 Å². The van der Waals surface area contributed by atoms with Crippen LogP contribution < -0.4 is 0 Å². The Morgan fingerprint density at radius 3 is 2.00 bits per heavy atom. The zero-order valence-electron chi connectivity index (χ0n) is 7.58. The molecule has 1 N–H and O–H groups in total. The van der Waals surface area contributed by atoms with Crippen molar-refractivity contribution in [3.05, 3.63) is 12.7 Å². The van der Waals surface area contributed by atoms with Gasteiger partial charge in [-0.1, -0.05) is 6.58 Å². The highest BCUT2D eigenvalue weighted by atomic mass is 28.3. The molecule has 72 valence electrons. The Morgan fingerprint density at radius 2 is 1.83 bits per heavy atom. The van der Waals surface area contributed by atoms with Crippen molar-refractivity contribution in [1.29, 1.82) is 0 Å². The maximum Gasteiger partial charge on any atom is 0.327 e. The molecule has 0 saturated carbocycles. The fraction of sp³-hybridized carbons (Fsp3) is 0.571. The third-order valence-electron chi connectivity index (χ3n) is 0.750. The Kier molecular flexibility index (Phi) is 15.0. The van der Waals surface area contributed by atoms with E-state index in [0.29, 0.717) is 0 Å². The van der Waals surface area contributed by atoms with E-state index in [1.165, 1.54) is 0 Å². The highest BCUT2D eigenvalue weighted by Crippen LogP contribution is 1.70. The van der Waals surface area contributed by atoms with Crippen molar-refractivity contribution in [2.45, 2.75) is 13.8 Å². The van der Waals surface area contributed by atoms with Gasteiger partial charge in [-0.25, -0.2) is 4.79 Å². The number of aliphatic carboxylic acids is 1. The summed E-state index contributed by atoms with van der Waals surface area (Å²) >= 11 is 0. The normalized spacial score (nSPS) is 8.17. The van der Waals surface area contributed by atoms with Crippen molar-refractivity contribution in [2.75, 3.05) is 13.2 Å². The van der Waals surface area contributed by atoms with Crippen LogP contribution in [-0.2, 0) is 13.6 Å². The van der Waals surface area contributed by atoms with Gasteiger partial charge in [0.25, 0.3) is 0 Å². The third kappa shape index (κ3) is 22.8. The second kappa shape index (κ2) is 13.0. The van der Waals surface area contributed by atoms with E-state index in [-0.39, 0.29) is 0 Å². The number of carboxylic acid groups (broad SMARTS) is 1. The predicted octanol–water partition coefficient (Wildman–Crippen LogP) is 0.315. The molecule has 12 heavy (non-hydrogen) atoms. The SMILES string of the molecule is C=CC(=O)O.CCO[SiH2]OCC. The molecule has 0 saturated heterocycles. The van der Waals surface area contributed by atoms with Crippen molar-refractivity contribution >= 4 is 16.0 Å². The van der Waals surface area contributed by atoms with Crippen LogP contribution in [0.2, 0.25) is 0 Å². The van der Waals surface area contributed by atoms with E-state index >= 15 is 0 Å². The summed E-state index contributed by atoms with van der Waals surface area (Å²) < 4.78 is 9.98. The summed E-state index contributed by atoms with van der Waals surface area (Å²) in [5, 5.41) is 7.60. The summed E-state index contributed by atoms with van der Waals surface area (Å²) in [5.41, 5.74) is 0. The minimum Gasteiger partial charge on any atom is -0.478 e. The fourth-order valence-electron chi connectivity index (χ4n) is 0.226. The number of rotatable bonds is 5. The molecule has 0 aromatic rings. The van der Waals surface area contributed by atoms with Crippen molar-refractivity contribution in [1.82, 2.24) is 0 Å². The highest BCUT2D eigenvalue weighted by Gasteiger charge is 1.79. The maximum absolute atomic E-state index is 9.25. The zero-order chi connectivity index (χ0) is 9.82. The van der Waals surface area contributed by atoms with Crippen LogP contribution in [0, 0.1) is 0 Å². The monoisotopic (exact) mass is 192 g/mol. The van der Waals surface area contributed by atoms with Gasteiger partial charge in [-0.15, -0.1) is 0 Å². The van der Waals surface area contributed by atoms with Gasteiger partial charge in [-0.3, -0.25) is 0 Å². The molecule has 0 fully saturated rings. The van der Waals surface area contributed by atoms with Gasteiger partial charge in [-0.2, -0.15) is 0 Å². The Bertz CT molecular complexity index is 112. The Morgan fingerprint density at radius 1 is 1.50 bits per heavy atom. The van der Waals surface area contributed by atoms with Gasteiger partial charge < -0.3 is 14.0 Å². The lowest BCUT2D eigenvalue weighted by molar-refractivity contribution is -0.131. The topological polar surface area (TPSA) is 55.8 Å². The van der Waals surface area contributed by atoms with Crippen molar-refractivity contribution in [3.8, 4) is 0 Å². The third-order valence-corrected chi connectivity index (χ3v) is 1.90. The Balaban J connectivity index is 0. The first-order valence-electron chi connectivity index (χ1n) is 3.69. The Hall–Kier alpha value is -0.653. The average Bonchev–Trinajstić information content (AvgIpc) is 2.07. The highest BCUT2D eigenvalue weighted by molar-refractivity contribution is 6.17. The lowest BCUT2D eigenvalue weighted by Crippen LogP contribution is -2.02. The molecule has 0 aliphatic carbocycles. The minimum absolute atomic E-state index is 0.589. The van der Waals surface area contributed by atoms with Crippen LogP contribution in [0.4, 0.5) is 0 Å². The predicted molar refractivity (Wildman–Crippen MR) is 49.6 cm³/mol. The first kappa shape index (κ1) is 13.9. The molecule has 0 amide bonds. The summed E-state index contributed by atoms with van der Waals surface area (Å²) in [5.74, 6) is -0.981.